The molecule has 0 fully saturated rings. The van der Waals surface area contributed by atoms with Crippen LogP contribution in [0.4, 0.5) is 0 Å². The molecule has 1 radical (unpaired) electrons. The van der Waals surface area contributed by atoms with Crippen molar-refractivity contribution in [3.63, 3.8) is 0 Å². The average molecular weight is 767 g/mol. The van der Waals surface area contributed by atoms with Crippen LogP contribution in [0.5, 0.6) is 0 Å². The first-order valence-electron chi connectivity index (χ1n) is 25.8. The predicted octanol–water partition coefficient (Wildman–Crippen LogP) is 18.3. The summed E-state index contributed by atoms with van der Waals surface area (Å²) in [5.74, 6) is 2.61. The van der Waals surface area contributed by atoms with Gasteiger partial charge in [0.15, 0.2) is 0 Å². The summed E-state index contributed by atoms with van der Waals surface area (Å²) in [6, 6.07) is 0. The lowest BCUT2D eigenvalue weighted by molar-refractivity contribution is 0.518. The Morgan fingerprint density at radius 3 is 0.582 bits per heavy atom. The molecule has 0 spiro atoms. The highest BCUT2D eigenvalue weighted by Crippen LogP contribution is 2.18. The molecule has 0 unspecified atom stereocenters. The van der Waals surface area contributed by atoms with Crippen LogP contribution in [0.25, 0.3) is 0 Å². The normalized spacial score (nSPS) is 11.6. The lowest BCUT2D eigenvalue weighted by atomic mass is 10.0. The van der Waals surface area contributed by atoms with E-state index in [0.29, 0.717) is 5.82 Å². The van der Waals surface area contributed by atoms with Crippen LogP contribution < -0.4 is 0 Å². The summed E-state index contributed by atoms with van der Waals surface area (Å²) in [5.41, 5.74) is 0. The molecule has 0 saturated carbocycles. The Morgan fingerprint density at radius 1 is 0.236 bits per heavy atom. The van der Waals surface area contributed by atoms with Gasteiger partial charge in [-0.1, -0.05) is 284 Å². The van der Waals surface area contributed by atoms with E-state index in [0.717, 1.165) is 24.5 Å². The van der Waals surface area contributed by atoms with Crippen molar-refractivity contribution in [2.75, 3.05) is 0 Å². The molecule has 0 atom stereocenters. The Morgan fingerprint density at radius 2 is 0.400 bits per heavy atom. The fraction of sp³-hybridized carbons (Fsp3) is 0.923. The molecule has 0 aliphatic heterocycles. The summed E-state index contributed by atoms with van der Waals surface area (Å²) in [7, 11) is 0. The smallest absolute Gasteiger partial charge is 0.133 e. The van der Waals surface area contributed by atoms with Crippen molar-refractivity contribution in [1.82, 2.24) is 15.0 Å². The van der Waals surface area contributed by atoms with E-state index in [9.17, 15) is 0 Å². The summed E-state index contributed by atoms with van der Waals surface area (Å²) in [4.78, 5) is 13.9. The van der Waals surface area contributed by atoms with Gasteiger partial charge in [0.25, 0.3) is 0 Å². The average Bonchev–Trinajstić information content (AvgIpc) is 3.18. The molecule has 1 aromatic rings. The van der Waals surface area contributed by atoms with E-state index in [2.05, 4.69) is 30.7 Å². The summed E-state index contributed by atoms with van der Waals surface area (Å²) < 4.78 is 0. The molecule has 1 rings (SSSR count). The minimum atomic E-state index is 0.664. The van der Waals surface area contributed by atoms with Crippen LogP contribution in [0.2, 0.25) is 0 Å². The first-order valence-corrected chi connectivity index (χ1v) is 25.8. The quantitative estimate of drug-likeness (QED) is 0.0620. The maximum Gasteiger partial charge on any atom is 0.133 e. The molecule has 0 N–H and O–H groups in total. The van der Waals surface area contributed by atoms with E-state index in [1.165, 1.54) is 283 Å². The molecule has 3 heteroatoms. The van der Waals surface area contributed by atoms with Crippen molar-refractivity contribution in [1.29, 1.82) is 0 Å². The molecular formula is C52H100N3. The summed E-state index contributed by atoms with van der Waals surface area (Å²) in [5, 5.41) is 0. The lowest BCUT2D eigenvalue weighted by Gasteiger charge is -2.06. The van der Waals surface area contributed by atoms with Gasteiger partial charge in [0.2, 0.25) is 0 Å². The number of aryl methyl sites for hydroxylation is 2. The predicted molar refractivity (Wildman–Crippen MR) is 246 cm³/mol. The number of hydrogen-bond acceptors (Lipinski definition) is 3. The molecule has 0 aliphatic carbocycles. The highest BCUT2D eigenvalue weighted by molar-refractivity contribution is 5.00. The molecule has 0 amide bonds. The third-order valence-electron chi connectivity index (χ3n) is 12.3. The summed E-state index contributed by atoms with van der Waals surface area (Å²) in [6.07, 6.45) is 64.8. The van der Waals surface area contributed by atoms with Gasteiger partial charge in [-0.25, -0.2) is 15.0 Å². The van der Waals surface area contributed by atoms with Gasteiger partial charge < -0.3 is 0 Å². The molecular weight excluding hydrogens is 667 g/mol. The molecule has 1 aromatic heterocycles. The maximum atomic E-state index is 4.82. The van der Waals surface area contributed by atoms with Crippen molar-refractivity contribution in [3.05, 3.63) is 24.4 Å². The van der Waals surface area contributed by atoms with Gasteiger partial charge in [0.05, 0.1) is 0 Å². The molecule has 0 aliphatic rings. The van der Waals surface area contributed by atoms with E-state index in [-0.39, 0.29) is 0 Å². The Kier molecular flexibility index (Phi) is 41.7. The van der Waals surface area contributed by atoms with Crippen LogP contribution in [0.1, 0.15) is 314 Å². The first-order chi connectivity index (χ1) is 27.3. The molecule has 3 nitrogen and oxygen atoms in total. The maximum absolute atomic E-state index is 4.82. The largest absolute Gasteiger partial charge is 0.218 e. The number of rotatable bonds is 46. The van der Waals surface area contributed by atoms with E-state index >= 15 is 0 Å². The van der Waals surface area contributed by atoms with E-state index in [1.807, 2.05) is 0 Å². The number of aromatic nitrogens is 3. The molecule has 0 bridgehead atoms. The van der Waals surface area contributed by atoms with Crippen molar-refractivity contribution in [2.45, 2.75) is 309 Å². The van der Waals surface area contributed by atoms with Crippen LogP contribution in [-0.2, 0) is 12.8 Å². The fourth-order valence-electron chi connectivity index (χ4n) is 8.53. The van der Waals surface area contributed by atoms with Gasteiger partial charge in [0.1, 0.15) is 17.5 Å². The van der Waals surface area contributed by atoms with Gasteiger partial charge in [0, 0.05) is 19.8 Å². The zero-order valence-corrected chi connectivity index (χ0v) is 38.1. The zero-order chi connectivity index (χ0) is 39.4. The van der Waals surface area contributed by atoms with Crippen LogP contribution in [0.3, 0.4) is 0 Å². The Labute approximate surface area is 347 Å². The van der Waals surface area contributed by atoms with Gasteiger partial charge in [-0.15, -0.1) is 0 Å². The third kappa shape index (κ3) is 39.6. The minimum absolute atomic E-state index is 0.664. The second-order valence-corrected chi connectivity index (χ2v) is 17.9. The third-order valence-corrected chi connectivity index (χ3v) is 12.3. The fourth-order valence-corrected chi connectivity index (χ4v) is 8.53. The Balaban J connectivity index is 1.83. The zero-order valence-electron chi connectivity index (χ0n) is 38.1. The minimum Gasteiger partial charge on any atom is -0.218 e. The molecule has 1 heterocycles. The standard InChI is InChI=1S/C52H100N3/c1-4-6-8-10-12-14-16-18-20-22-24-26-28-30-32-34-36-38-40-42-44-46-48-51-53-50(3)54-52(55-51)49-47-45-43-41-39-37-35-33-31-29-27-25-23-21-19-17-15-13-11-9-7-5-2/h3-49H2,1-2H3. The van der Waals surface area contributed by atoms with Crippen LogP contribution in [0.15, 0.2) is 0 Å². The first kappa shape index (κ1) is 52.0. The van der Waals surface area contributed by atoms with Crippen LogP contribution in [-0.4, -0.2) is 15.0 Å². The monoisotopic (exact) mass is 767 g/mol. The van der Waals surface area contributed by atoms with E-state index < -0.39 is 0 Å². The van der Waals surface area contributed by atoms with Crippen LogP contribution >= 0.6 is 0 Å². The molecule has 55 heavy (non-hydrogen) atoms. The Hall–Kier alpha value is -0.990. The highest BCUT2D eigenvalue weighted by Gasteiger charge is 2.05. The van der Waals surface area contributed by atoms with Crippen molar-refractivity contribution in [3.8, 4) is 0 Å². The second-order valence-electron chi connectivity index (χ2n) is 17.9. The van der Waals surface area contributed by atoms with Gasteiger partial charge >= 0.3 is 0 Å². The van der Waals surface area contributed by atoms with Crippen molar-refractivity contribution >= 4 is 0 Å². The Bertz CT molecular complexity index is 802. The van der Waals surface area contributed by atoms with E-state index in [1.54, 1.807) is 0 Å². The summed E-state index contributed by atoms with van der Waals surface area (Å²) in [6.45, 7) is 8.67. The topological polar surface area (TPSA) is 38.7 Å². The molecule has 0 saturated heterocycles. The SMILES string of the molecule is [CH2]c1nc(CCCCCCCCCCCCCCCCCCCCCCCC)nc(CCCCCCCCCCCCCCCCCCCCCCCC)n1. The number of nitrogens with zero attached hydrogens (tertiary/aromatic N) is 3. The van der Waals surface area contributed by atoms with E-state index in [4.69, 9.17) is 4.98 Å². The summed E-state index contributed by atoms with van der Waals surface area (Å²) >= 11 is 0. The highest BCUT2D eigenvalue weighted by atomic mass is 15.0. The lowest BCUT2D eigenvalue weighted by Crippen LogP contribution is -2.06. The molecule has 0 aromatic carbocycles. The molecule has 323 valence electrons. The van der Waals surface area contributed by atoms with Crippen molar-refractivity contribution in [2.24, 2.45) is 0 Å². The van der Waals surface area contributed by atoms with Crippen molar-refractivity contribution < 1.29 is 0 Å². The van der Waals surface area contributed by atoms with Gasteiger partial charge in [-0.3, -0.25) is 0 Å². The number of hydrogen-bond donors (Lipinski definition) is 0. The van der Waals surface area contributed by atoms with Gasteiger partial charge in [-0.2, -0.15) is 0 Å². The van der Waals surface area contributed by atoms with Gasteiger partial charge in [-0.05, 0) is 12.8 Å². The number of unbranched alkanes of at least 4 members (excludes halogenated alkanes) is 42. The van der Waals surface area contributed by atoms with Crippen LogP contribution in [0, 0.1) is 6.92 Å². The second kappa shape index (κ2) is 44.1.